The monoisotopic (exact) mass is 494 g/mol. The lowest BCUT2D eigenvalue weighted by molar-refractivity contribution is 0.0702. The lowest BCUT2D eigenvalue weighted by Gasteiger charge is -2.27. The number of esters is 1. The fourth-order valence-corrected chi connectivity index (χ4v) is 4.66. The van der Waals surface area contributed by atoms with Gasteiger partial charge in [0.05, 0.1) is 12.5 Å². The number of para-hydroxylation sites is 1. The van der Waals surface area contributed by atoms with E-state index >= 15 is 0 Å². The van der Waals surface area contributed by atoms with Crippen molar-refractivity contribution < 1.29 is 23.4 Å². The number of benzene rings is 3. The molecule has 0 saturated heterocycles. The van der Waals surface area contributed by atoms with E-state index in [4.69, 9.17) is 24.4 Å². The number of hydrogen-bond donors (Lipinski definition) is 1. The normalized spacial score (nSPS) is 14.6. The lowest BCUT2D eigenvalue weighted by atomic mass is 9.83. The Bertz CT molecular complexity index is 1590. The second-order valence-electron chi connectivity index (χ2n) is 8.73. The van der Waals surface area contributed by atoms with Crippen LogP contribution in [-0.2, 0) is 6.42 Å². The van der Waals surface area contributed by atoms with E-state index in [1.54, 1.807) is 18.2 Å². The van der Waals surface area contributed by atoms with Crippen molar-refractivity contribution in [1.82, 2.24) is 0 Å². The number of aryl methyl sites for hydroxylation is 2. The Balaban J connectivity index is 1.49. The zero-order valence-electron chi connectivity index (χ0n) is 20.8. The van der Waals surface area contributed by atoms with Crippen molar-refractivity contribution in [2.75, 3.05) is 6.61 Å². The van der Waals surface area contributed by atoms with Crippen LogP contribution >= 0.6 is 0 Å². The fraction of sp³-hybridized carbons (Fsp3) is 0.200. The number of allylic oxidation sites excluding steroid dienone is 1. The molecule has 0 saturated carbocycles. The molecule has 5 rings (SSSR count). The molecule has 1 aliphatic heterocycles. The molecule has 7 nitrogen and oxygen atoms in total. The van der Waals surface area contributed by atoms with Crippen LogP contribution in [0.1, 0.15) is 52.6 Å². The van der Waals surface area contributed by atoms with E-state index in [1.807, 2.05) is 56.3 Å². The molecule has 3 aromatic carbocycles. The average Bonchev–Trinajstić information content (AvgIpc) is 3.24. The maximum atomic E-state index is 13.0. The second kappa shape index (κ2) is 9.75. The molecule has 1 aromatic heterocycles. The van der Waals surface area contributed by atoms with Gasteiger partial charge in [0.1, 0.15) is 34.5 Å². The number of nitrogens with zero attached hydrogens (tertiary/aromatic N) is 1. The first-order chi connectivity index (χ1) is 17.9. The molecule has 4 aromatic rings. The van der Waals surface area contributed by atoms with Gasteiger partial charge in [0.15, 0.2) is 0 Å². The molecule has 0 amide bonds. The molecule has 186 valence electrons. The Labute approximate surface area is 214 Å². The van der Waals surface area contributed by atoms with E-state index in [0.29, 0.717) is 29.3 Å². The number of ether oxygens (including phenoxy) is 3. The standard InChI is InChI=1S/C30H26N2O5/c1-4-18-10-13-25-22(14-18)17(3)28(36-25)30(33)35-19-11-12-21-26(15-19)37-29(32)23(16-31)27(21)20-8-6-7-9-24(20)34-5-2/h6-15,27H,4-5,32H2,1-3H3. The molecule has 0 spiro atoms. The van der Waals surface area contributed by atoms with Crippen molar-refractivity contribution in [2.24, 2.45) is 5.73 Å². The summed E-state index contributed by atoms with van der Waals surface area (Å²) in [4.78, 5) is 13.0. The third-order valence-corrected chi connectivity index (χ3v) is 6.53. The van der Waals surface area contributed by atoms with Gasteiger partial charge >= 0.3 is 5.97 Å². The number of nitrogens with two attached hydrogens (primary N) is 1. The number of fused-ring (bicyclic) bond motifs is 2. The predicted molar refractivity (Wildman–Crippen MR) is 139 cm³/mol. The first-order valence-corrected chi connectivity index (χ1v) is 12.1. The summed E-state index contributed by atoms with van der Waals surface area (Å²) in [6, 6.07) is 20.6. The first kappa shape index (κ1) is 24.0. The van der Waals surface area contributed by atoms with Crippen LogP contribution in [0.25, 0.3) is 11.0 Å². The molecule has 1 atom stereocenters. The highest BCUT2D eigenvalue weighted by atomic mass is 16.5. The topological polar surface area (TPSA) is 108 Å². The van der Waals surface area contributed by atoms with E-state index in [1.165, 1.54) is 0 Å². The molecular weight excluding hydrogens is 468 g/mol. The van der Waals surface area contributed by atoms with E-state index in [-0.39, 0.29) is 23.0 Å². The Hall–Kier alpha value is -4.70. The largest absolute Gasteiger partial charge is 0.494 e. The Morgan fingerprint density at radius 3 is 2.65 bits per heavy atom. The summed E-state index contributed by atoms with van der Waals surface area (Å²) in [5.74, 6) is 0.361. The summed E-state index contributed by atoms with van der Waals surface area (Å²) >= 11 is 0. The first-order valence-electron chi connectivity index (χ1n) is 12.1. The summed E-state index contributed by atoms with van der Waals surface area (Å²) in [6.07, 6.45) is 0.886. The van der Waals surface area contributed by atoms with Crippen LogP contribution in [0.5, 0.6) is 17.2 Å². The van der Waals surface area contributed by atoms with E-state index in [2.05, 4.69) is 13.0 Å². The van der Waals surface area contributed by atoms with Crippen molar-refractivity contribution >= 4 is 16.9 Å². The van der Waals surface area contributed by atoms with Crippen LogP contribution in [-0.4, -0.2) is 12.6 Å². The molecule has 1 aliphatic rings. The van der Waals surface area contributed by atoms with Gasteiger partial charge in [0.25, 0.3) is 0 Å². The van der Waals surface area contributed by atoms with Crippen LogP contribution in [0.2, 0.25) is 0 Å². The minimum atomic E-state index is -0.609. The number of carbonyl (C=O) groups excluding carboxylic acids is 1. The second-order valence-corrected chi connectivity index (χ2v) is 8.73. The van der Waals surface area contributed by atoms with Crippen LogP contribution in [0, 0.1) is 18.3 Å². The van der Waals surface area contributed by atoms with Crippen molar-refractivity contribution in [3.8, 4) is 23.3 Å². The van der Waals surface area contributed by atoms with Gasteiger partial charge < -0.3 is 24.4 Å². The molecule has 0 aliphatic carbocycles. The number of nitriles is 1. The lowest BCUT2D eigenvalue weighted by Crippen LogP contribution is -2.21. The molecular formula is C30H26N2O5. The molecule has 0 bridgehead atoms. The predicted octanol–water partition coefficient (Wildman–Crippen LogP) is 6.14. The van der Waals surface area contributed by atoms with Crippen molar-refractivity contribution in [3.63, 3.8) is 0 Å². The van der Waals surface area contributed by atoms with E-state index in [0.717, 1.165) is 28.5 Å². The molecule has 37 heavy (non-hydrogen) atoms. The number of rotatable bonds is 6. The van der Waals surface area contributed by atoms with Crippen LogP contribution < -0.4 is 19.9 Å². The highest BCUT2D eigenvalue weighted by Gasteiger charge is 2.33. The van der Waals surface area contributed by atoms with Gasteiger partial charge in [-0.05, 0) is 50.1 Å². The van der Waals surface area contributed by atoms with Gasteiger partial charge in [-0.25, -0.2) is 4.79 Å². The third kappa shape index (κ3) is 4.27. The maximum Gasteiger partial charge on any atom is 0.379 e. The summed E-state index contributed by atoms with van der Waals surface area (Å²) in [7, 11) is 0. The van der Waals surface area contributed by atoms with Gasteiger partial charge in [0, 0.05) is 28.1 Å². The van der Waals surface area contributed by atoms with Crippen molar-refractivity contribution in [2.45, 2.75) is 33.1 Å². The molecule has 7 heteroatoms. The van der Waals surface area contributed by atoms with Crippen LogP contribution in [0.15, 0.2) is 76.5 Å². The summed E-state index contributed by atoms with van der Waals surface area (Å²) < 4.78 is 23.1. The zero-order chi connectivity index (χ0) is 26.1. The SMILES string of the molecule is CCOc1ccccc1C1C(C#N)=C(N)Oc2cc(OC(=O)c3oc4ccc(CC)cc4c3C)ccc21. The quantitative estimate of drug-likeness (QED) is 0.253. The molecule has 0 radical (unpaired) electrons. The molecule has 1 unspecified atom stereocenters. The van der Waals surface area contributed by atoms with Gasteiger partial charge in [-0.2, -0.15) is 5.26 Å². The Morgan fingerprint density at radius 1 is 1.08 bits per heavy atom. The number of hydrogen-bond acceptors (Lipinski definition) is 7. The third-order valence-electron chi connectivity index (χ3n) is 6.53. The highest BCUT2D eigenvalue weighted by molar-refractivity contribution is 5.97. The Kier molecular flexibility index (Phi) is 6.33. The Morgan fingerprint density at radius 2 is 1.89 bits per heavy atom. The minimum absolute atomic E-state index is 0.00497. The molecule has 0 fully saturated rings. The highest BCUT2D eigenvalue weighted by Crippen LogP contribution is 2.46. The van der Waals surface area contributed by atoms with E-state index < -0.39 is 11.9 Å². The summed E-state index contributed by atoms with van der Waals surface area (Å²) in [6.45, 7) is 6.29. The van der Waals surface area contributed by atoms with E-state index in [9.17, 15) is 10.1 Å². The number of furan rings is 1. The maximum absolute atomic E-state index is 13.0. The van der Waals surface area contributed by atoms with Gasteiger partial charge in [-0.15, -0.1) is 0 Å². The molecule has 2 heterocycles. The average molecular weight is 495 g/mol. The van der Waals surface area contributed by atoms with Crippen LogP contribution in [0.4, 0.5) is 0 Å². The summed E-state index contributed by atoms with van der Waals surface area (Å²) in [5.41, 5.74) is 10.5. The molecule has 2 N–H and O–H groups in total. The van der Waals surface area contributed by atoms with Gasteiger partial charge in [-0.3, -0.25) is 0 Å². The zero-order valence-corrected chi connectivity index (χ0v) is 20.8. The summed E-state index contributed by atoms with van der Waals surface area (Å²) in [5, 5.41) is 10.8. The number of carbonyl (C=O) groups is 1. The van der Waals surface area contributed by atoms with Crippen LogP contribution in [0.3, 0.4) is 0 Å². The van der Waals surface area contributed by atoms with Gasteiger partial charge in [0.2, 0.25) is 11.6 Å². The smallest absolute Gasteiger partial charge is 0.379 e. The van der Waals surface area contributed by atoms with Crippen molar-refractivity contribution in [1.29, 1.82) is 5.26 Å². The van der Waals surface area contributed by atoms with Gasteiger partial charge in [-0.1, -0.05) is 37.3 Å². The van der Waals surface area contributed by atoms with Crippen molar-refractivity contribution in [3.05, 3.63) is 100 Å². The fourth-order valence-electron chi connectivity index (χ4n) is 4.66. The minimum Gasteiger partial charge on any atom is -0.494 e.